The first kappa shape index (κ1) is 16.3. The van der Waals surface area contributed by atoms with Crippen molar-refractivity contribution in [1.82, 2.24) is 9.80 Å². The molecular formula is C16H23F3N2. The van der Waals surface area contributed by atoms with Crippen LogP contribution in [0.5, 0.6) is 0 Å². The van der Waals surface area contributed by atoms with Crippen molar-refractivity contribution in [1.29, 1.82) is 0 Å². The van der Waals surface area contributed by atoms with E-state index in [0.29, 0.717) is 18.5 Å². The molecule has 0 N–H and O–H groups in total. The number of nitrogens with zero attached hydrogens (tertiary/aromatic N) is 2. The number of hydrogen-bond donors (Lipinski definition) is 0. The van der Waals surface area contributed by atoms with Crippen molar-refractivity contribution in [2.75, 3.05) is 33.2 Å². The molecule has 1 aromatic carbocycles. The fraction of sp³-hybridized carbons (Fsp3) is 0.625. The first-order valence-corrected chi connectivity index (χ1v) is 7.50. The molecule has 0 atom stereocenters. The Morgan fingerprint density at radius 3 is 2.33 bits per heavy atom. The van der Waals surface area contributed by atoms with Gasteiger partial charge in [0.2, 0.25) is 0 Å². The molecule has 0 amide bonds. The second-order valence-electron chi connectivity index (χ2n) is 5.82. The normalized spacial score (nSPS) is 18.1. The summed E-state index contributed by atoms with van der Waals surface area (Å²) >= 11 is 0. The number of rotatable bonds is 4. The maximum Gasteiger partial charge on any atom is 0.416 e. The van der Waals surface area contributed by atoms with Crippen LogP contribution in [0.4, 0.5) is 13.2 Å². The summed E-state index contributed by atoms with van der Waals surface area (Å²) in [6.07, 6.45) is -2.72. The van der Waals surface area contributed by atoms with Gasteiger partial charge in [-0.15, -0.1) is 0 Å². The third kappa shape index (κ3) is 4.45. The van der Waals surface area contributed by atoms with Gasteiger partial charge in [-0.2, -0.15) is 13.2 Å². The van der Waals surface area contributed by atoms with Gasteiger partial charge < -0.3 is 4.90 Å². The lowest BCUT2D eigenvalue weighted by Gasteiger charge is -2.33. The van der Waals surface area contributed by atoms with Crippen molar-refractivity contribution in [2.45, 2.75) is 32.5 Å². The second-order valence-corrected chi connectivity index (χ2v) is 5.82. The molecule has 0 bridgehead atoms. The van der Waals surface area contributed by atoms with E-state index in [2.05, 4.69) is 9.80 Å². The summed E-state index contributed by atoms with van der Waals surface area (Å²) < 4.78 is 39.8. The summed E-state index contributed by atoms with van der Waals surface area (Å²) in [6, 6.07) is 4.82. The number of halogens is 3. The van der Waals surface area contributed by atoms with E-state index in [4.69, 9.17) is 0 Å². The quantitative estimate of drug-likeness (QED) is 0.841. The molecule has 1 saturated heterocycles. The van der Waals surface area contributed by atoms with Gasteiger partial charge >= 0.3 is 6.18 Å². The third-order valence-electron chi connectivity index (χ3n) is 4.01. The highest BCUT2D eigenvalue weighted by Gasteiger charge is 2.34. The lowest BCUT2D eigenvalue weighted by molar-refractivity contribution is -0.138. The number of benzene rings is 1. The van der Waals surface area contributed by atoms with Crippen LogP contribution in [0.3, 0.4) is 0 Å². The van der Waals surface area contributed by atoms with Gasteiger partial charge in [0.15, 0.2) is 0 Å². The van der Waals surface area contributed by atoms with Crippen molar-refractivity contribution in [2.24, 2.45) is 0 Å². The highest BCUT2D eigenvalue weighted by molar-refractivity contribution is 5.34. The Morgan fingerprint density at radius 1 is 1.10 bits per heavy atom. The van der Waals surface area contributed by atoms with Gasteiger partial charge in [-0.05, 0) is 30.7 Å². The molecule has 0 unspecified atom stereocenters. The molecule has 5 heteroatoms. The van der Waals surface area contributed by atoms with Gasteiger partial charge in [-0.3, -0.25) is 4.90 Å². The molecule has 1 heterocycles. The Labute approximate surface area is 124 Å². The fourth-order valence-electron chi connectivity index (χ4n) is 2.72. The van der Waals surface area contributed by atoms with Crippen LogP contribution >= 0.6 is 0 Å². The van der Waals surface area contributed by atoms with E-state index in [9.17, 15) is 13.2 Å². The van der Waals surface area contributed by atoms with Crippen LogP contribution in [0.2, 0.25) is 0 Å². The Hall–Kier alpha value is -1.07. The fourth-order valence-corrected chi connectivity index (χ4v) is 2.72. The number of piperazine rings is 1. The van der Waals surface area contributed by atoms with Crippen LogP contribution in [0.15, 0.2) is 18.2 Å². The van der Waals surface area contributed by atoms with Gasteiger partial charge in [0.05, 0.1) is 5.56 Å². The van der Waals surface area contributed by atoms with E-state index >= 15 is 0 Å². The minimum Gasteiger partial charge on any atom is -0.304 e. The summed E-state index contributed by atoms with van der Waals surface area (Å²) in [6.45, 7) is 5.83. The van der Waals surface area contributed by atoms with E-state index in [1.807, 2.05) is 20.0 Å². The third-order valence-corrected chi connectivity index (χ3v) is 4.01. The molecule has 0 aromatic heterocycles. The van der Waals surface area contributed by atoms with Crippen LogP contribution < -0.4 is 0 Å². The maximum absolute atomic E-state index is 13.3. The monoisotopic (exact) mass is 300 g/mol. The lowest BCUT2D eigenvalue weighted by atomic mass is 10.0. The summed E-state index contributed by atoms with van der Waals surface area (Å²) in [5, 5.41) is 0. The minimum absolute atomic E-state index is 0.384. The van der Waals surface area contributed by atoms with Crippen LogP contribution in [0.1, 0.15) is 30.0 Å². The molecule has 1 fully saturated rings. The molecule has 0 saturated carbocycles. The zero-order chi connectivity index (χ0) is 15.5. The highest BCUT2D eigenvalue weighted by Crippen LogP contribution is 2.33. The molecule has 2 rings (SSSR count). The average Bonchev–Trinajstić information content (AvgIpc) is 2.42. The van der Waals surface area contributed by atoms with Crippen molar-refractivity contribution < 1.29 is 13.2 Å². The first-order valence-electron chi connectivity index (χ1n) is 7.50. The predicted molar refractivity (Wildman–Crippen MR) is 78.2 cm³/mol. The first-order chi connectivity index (χ1) is 9.90. The number of likely N-dealkylation sites (N-methyl/N-ethyl adjacent to an activating group) is 1. The molecular weight excluding hydrogens is 277 g/mol. The zero-order valence-electron chi connectivity index (χ0n) is 12.7. The average molecular weight is 300 g/mol. The van der Waals surface area contributed by atoms with Crippen LogP contribution in [0, 0.1) is 0 Å². The van der Waals surface area contributed by atoms with Gasteiger partial charge in [-0.25, -0.2) is 0 Å². The minimum atomic E-state index is -4.27. The summed E-state index contributed by atoms with van der Waals surface area (Å²) in [7, 11) is 2.04. The van der Waals surface area contributed by atoms with E-state index < -0.39 is 11.7 Å². The molecule has 0 aliphatic carbocycles. The summed E-state index contributed by atoms with van der Waals surface area (Å²) in [5.74, 6) is 0. The molecule has 0 radical (unpaired) electrons. The summed E-state index contributed by atoms with van der Waals surface area (Å²) in [5.41, 5.74) is 0.700. The molecule has 2 nitrogen and oxygen atoms in total. The summed E-state index contributed by atoms with van der Waals surface area (Å²) in [4.78, 5) is 4.30. The van der Waals surface area contributed by atoms with Crippen LogP contribution in [0.25, 0.3) is 0 Å². The smallest absolute Gasteiger partial charge is 0.304 e. The number of hydrogen-bond acceptors (Lipinski definition) is 2. The van der Waals surface area contributed by atoms with Gasteiger partial charge in [-0.1, -0.05) is 25.5 Å². The zero-order valence-corrected chi connectivity index (χ0v) is 12.7. The van der Waals surface area contributed by atoms with Crippen molar-refractivity contribution in [3.63, 3.8) is 0 Å². The van der Waals surface area contributed by atoms with Crippen LogP contribution in [-0.4, -0.2) is 43.0 Å². The van der Waals surface area contributed by atoms with Gasteiger partial charge in [0, 0.05) is 32.7 Å². The topological polar surface area (TPSA) is 6.48 Å². The molecule has 1 aliphatic heterocycles. The SMILES string of the molecule is CCCc1ccc(CN2CCN(C)CC2)c(C(F)(F)F)c1. The van der Waals surface area contributed by atoms with E-state index in [1.54, 1.807) is 6.07 Å². The number of aryl methyl sites for hydroxylation is 1. The van der Waals surface area contributed by atoms with E-state index in [1.165, 1.54) is 6.07 Å². The van der Waals surface area contributed by atoms with E-state index in [-0.39, 0.29) is 0 Å². The number of alkyl halides is 3. The van der Waals surface area contributed by atoms with Crippen molar-refractivity contribution >= 4 is 0 Å². The largest absolute Gasteiger partial charge is 0.416 e. The molecule has 21 heavy (non-hydrogen) atoms. The van der Waals surface area contributed by atoms with Crippen molar-refractivity contribution in [3.05, 3.63) is 34.9 Å². The molecule has 1 aromatic rings. The van der Waals surface area contributed by atoms with Crippen LogP contribution in [-0.2, 0) is 19.1 Å². The molecule has 0 spiro atoms. The lowest BCUT2D eigenvalue weighted by Crippen LogP contribution is -2.44. The van der Waals surface area contributed by atoms with Gasteiger partial charge in [0.1, 0.15) is 0 Å². The maximum atomic E-state index is 13.3. The van der Waals surface area contributed by atoms with Crippen molar-refractivity contribution in [3.8, 4) is 0 Å². The Kier molecular flexibility index (Phi) is 5.27. The predicted octanol–water partition coefficient (Wildman–Crippen LogP) is 3.41. The Morgan fingerprint density at radius 2 is 1.76 bits per heavy atom. The highest BCUT2D eigenvalue weighted by atomic mass is 19.4. The second kappa shape index (κ2) is 6.79. The van der Waals surface area contributed by atoms with E-state index in [0.717, 1.165) is 38.2 Å². The Bertz CT molecular complexity index is 463. The standard InChI is InChI=1S/C16H23F3N2/c1-3-4-13-5-6-14(15(11-13)16(17,18)19)12-21-9-7-20(2)8-10-21/h5-6,11H,3-4,7-10,12H2,1-2H3. The molecule has 118 valence electrons. The van der Waals surface area contributed by atoms with Gasteiger partial charge in [0.25, 0.3) is 0 Å². The Balaban J connectivity index is 2.17. The molecule has 1 aliphatic rings.